The summed E-state index contributed by atoms with van der Waals surface area (Å²) in [6.45, 7) is 8.33. The van der Waals surface area contributed by atoms with Crippen molar-refractivity contribution >= 4 is 23.7 Å². The number of carbonyl (C=O) groups is 4. The van der Waals surface area contributed by atoms with Crippen molar-refractivity contribution in [1.82, 2.24) is 16.0 Å². The zero-order chi connectivity index (χ0) is 26.9. The van der Waals surface area contributed by atoms with E-state index in [4.69, 9.17) is 5.73 Å². The normalized spacial score (nSPS) is 16.3. The highest BCUT2D eigenvalue weighted by Gasteiger charge is 2.34. The molecule has 3 amide bonds. The number of aliphatic carboxylic acids is 1. The number of aliphatic hydroxyl groups is 1. The van der Waals surface area contributed by atoms with Crippen molar-refractivity contribution in [3.8, 4) is 5.75 Å². The molecule has 0 saturated carbocycles. The van der Waals surface area contributed by atoms with E-state index in [1.807, 2.05) is 6.92 Å². The molecule has 11 heteroatoms. The summed E-state index contributed by atoms with van der Waals surface area (Å²) in [5.74, 6) is -3.93. The number of aromatic hydroxyl groups is 1. The average molecular weight is 495 g/mol. The van der Waals surface area contributed by atoms with Crippen molar-refractivity contribution < 1.29 is 34.5 Å². The van der Waals surface area contributed by atoms with E-state index in [1.54, 1.807) is 32.9 Å². The van der Waals surface area contributed by atoms with Crippen LogP contribution < -0.4 is 21.7 Å². The Balaban J connectivity index is 3.00. The van der Waals surface area contributed by atoms with Gasteiger partial charge in [0.05, 0.1) is 6.10 Å². The van der Waals surface area contributed by atoms with Gasteiger partial charge in [0.1, 0.15) is 29.9 Å². The van der Waals surface area contributed by atoms with Gasteiger partial charge in [-0.1, -0.05) is 46.2 Å². The summed E-state index contributed by atoms with van der Waals surface area (Å²) in [6, 6.07) is 1.36. The Hall–Kier alpha value is -3.18. The second-order valence-electron chi connectivity index (χ2n) is 9.14. The van der Waals surface area contributed by atoms with Crippen LogP contribution in [0, 0.1) is 11.8 Å². The van der Waals surface area contributed by atoms with E-state index in [9.17, 15) is 34.5 Å². The van der Waals surface area contributed by atoms with Crippen molar-refractivity contribution in [2.24, 2.45) is 17.6 Å². The maximum Gasteiger partial charge on any atom is 0.326 e. The van der Waals surface area contributed by atoms with Crippen molar-refractivity contribution in [2.75, 3.05) is 0 Å². The van der Waals surface area contributed by atoms with E-state index in [-0.39, 0.29) is 18.1 Å². The predicted octanol–water partition coefficient (Wildman–Crippen LogP) is -0.116. The highest BCUT2D eigenvalue weighted by Crippen LogP contribution is 2.13. The van der Waals surface area contributed by atoms with Crippen LogP contribution in [0.3, 0.4) is 0 Å². The number of carbonyl (C=O) groups excluding carboxylic acids is 3. The number of phenols is 1. The lowest BCUT2D eigenvalue weighted by Gasteiger charge is -2.29. The van der Waals surface area contributed by atoms with Gasteiger partial charge in [0.25, 0.3) is 0 Å². The fourth-order valence-corrected chi connectivity index (χ4v) is 3.28. The molecule has 0 aromatic heterocycles. The van der Waals surface area contributed by atoms with Gasteiger partial charge in [0.2, 0.25) is 17.7 Å². The molecule has 6 unspecified atom stereocenters. The van der Waals surface area contributed by atoms with Crippen LogP contribution in [0.15, 0.2) is 24.3 Å². The summed E-state index contributed by atoms with van der Waals surface area (Å²) < 4.78 is 0. The van der Waals surface area contributed by atoms with Crippen LogP contribution in [0.5, 0.6) is 5.75 Å². The Bertz CT molecular complexity index is 873. The number of hydrogen-bond acceptors (Lipinski definition) is 7. The molecule has 0 aliphatic carbocycles. The molecule has 0 bridgehead atoms. The summed E-state index contributed by atoms with van der Waals surface area (Å²) in [5.41, 5.74) is 6.27. The van der Waals surface area contributed by atoms with Crippen LogP contribution >= 0.6 is 0 Å². The second kappa shape index (κ2) is 13.6. The molecule has 0 spiro atoms. The average Bonchev–Trinajstić information content (AvgIpc) is 2.79. The molecule has 0 fully saturated rings. The molecule has 0 saturated heterocycles. The van der Waals surface area contributed by atoms with E-state index in [0.29, 0.717) is 12.0 Å². The molecule has 0 heterocycles. The van der Waals surface area contributed by atoms with Gasteiger partial charge >= 0.3 is 5.97 Å². The van der Waals surface area contributed by atoms with E-state index >= 15 is 0 Å². The van der Waals surface area contributed by atoms with Crippen molar-refractivity contribution in [1.29, 1.82) is 0 Å². The van der Waals surface area contributed by atoms with Crippen LogP contribution in [0.2, 0.25) is 0 Å². The fourth-order valence-electron chi connectivity index (χ4n) is 3.28. The SMILES string of the molecule is CCC(C)C(NC(=O)C(N)C(C)O)C(=O)NC(C(=O)NC(Cc1ccc(O)cc1)C(=O)O)C(C)C. The molecule has 8 N–H and O–H groups in total. The molecule has 0 aliphatic heterocycles. The van der Waals surface area contributed by atoms with E-state index < -0.39 is 59.9 Å². The lowest BCUT2D eigenvalue weighted by Crippen LogP contribution is -2.60. The van der Waals surface area contributed by atoms with Crippen molar-refractivity contribution in [2.45, 2.75) is 77.7 Å². The zero-order valence-corrected chi connectivity index (χ0v) is 20.8. The van der Waals surface area contributed by atoms with Gasteiger partial charge < -0.3 is 37.0 Å². The standard InChI is InChI=1S/C24H38N4O7/c1-6-13(4)20(28-21(31)18(25)14(5)29)23(33)27-19(12(2)3)22(32)26-17(24(34)35)11-15-7-9-16(30)10-8-15/h7-10,12-14,17-20,29-30H,6,11,25H2,1-5H3,(H,26,32)(H,27,33)(H,28,31)(H,34,35). The Morgan fingerprint density at radius 3 is 1.86 bits per heavy atom. The number of rotatable bonds is 13. The molecule has 0 radical (unpaired) electrons. The first kappa shape index (κ1) is 29.9. The molecule has 1 rings (SSSR count). The number of phenolic OH excluding ortho intramolecular Hbond substituents is 1. The van der Waals surface area contributed by atoms with E-state index in [2.05, 4.69) is 16.0 Å². The summed E-state index contributed by atoms with van der Waals surface area (Å²) in [7, 11) is 0. The number of carboxylic acids is 1. The fraction of sp³-hybridized carbons (Fsp3) is 0.583. The van der Waals surface area contributed by atoms with Gasteiger partial charge in [-0.2, -0.15) is 0 Å². The predicted molar refractivity (Wildman–Crippen MR) is 129 cm³/mol. The summed E-state index contributed by atoms with van der Waals surface area (Å²) >= 11 is 0. The van der Waals surface area contributed by atoms with Crippen LogP contribution in [-0.4, -0.2) is 69.3 Å². The lowest BCUT2D eigenvalue weighted by molar-refractivity contribution is -0.142. The maximum atomic E-state index is 13.1. The number of amides is 3. The summed E-state index contributed by atoms with van der Waals surface area (Å²) in [6.07, 6.45) is -0.608. The van der Waals surface area contributed by atoms with Gasteiger partial charge in [-0.25, -0.2) is 4.79 Å². The zero-order valence-electron chi connectivity index (χ0n) is 20.8. The topological polar surface area (TPSA) is 191 Å². The third-order valence-corrected chi connectivity index (χ3v) is 5.85. The molecule has 1 aromatic carbocycles. The molecule has 0 aliphatic rings. The van der Waals surface area contributed by atoms with Gasteiger partial charge in [-0.05, 0) is 36.5 Å². The Kier molecular flexibility index (Phi) is 11.6. The first-order valence-corrected chi connectivity index (χ1v) is 11.6. The smallest absolute Gasteiger partial charge is 0.326 e. The first-order chi connectivity index (χ1) is 16.3. The molecule has 196 valence electrons. The number of nitrogens with two attached hydrogens (primary N) is 1. The second-order valence-corrected chi connectivity index (χ2v) is 9.14. The quantitative estimate of drug-likeness (QED) is 0.197. The Morgan fingerprint density at radius 1 is 0.886 bits per heavy atom. The third kappa shape index (κ3) is 9.18. The number of nitrogens with one attached hydrogen (secondary N) is 3. The minimum absolute atomic E-state index is 0.0249. The monoisotopic (exact) mass is 494 g/mol. The Morgan fingerprint density at radius 2 is 1.40 bits per heavy atom. The number of aliphatic hydroxyl groups excluding tert-OH is 1. The highest BCUT2D eigenvalue weighted by atomic mass is 16.4. The molecule has 1 aromatic rings. The van der Waals surface area contributed by atoms with Crippen molar-refractivity contribution in [3.63, 3.8) is 0 Å². The number of benzene rings is 1. The highest BCUT2D eigenvalue weighted by molar-refractivity contribution is 5.94. The summed E-state index contributed by atoms with van der Waals surface area (Å²) in [4.78, 5) is 50.2. The van der Waals surface area contributed by atoms with E-state index in [0.717, 1.165) is 0 Å². The van der Waals surface area contributed by atoms with Crippen LogP contribution in [-0.2, 0) is 25.6 Å². The van der Waals surface area contributed by atoms with Gasteiger partial charge in [0.15, 0.2) is 0 Å². The molecule has 11 nitrogen and oxygen atoms in total. The van der Waals surface area contributed by atoms with Gasteiger partial charge in [-0.3, -0.25) is 14.4 Å². The number of hydrogen-bond donors (Lipinski definition) is 7. The first-order valence-electron chi connectivity index (χ1n) is 11.6. The van der Waals surface area contributed by atoms with Crippen molar-refractivity contribution in [3.05, 3.63) is 29.8 Å². The van der Waals surface area contributed by atoms with E-state index in [1.165, 1.54) is 19.1 Å². The largest absolute Gasteiger partial charge is 0.508 e. The van der Waals surface area contributed by atoms with Gasteiger partial charge in [0, 0.05) is 6.42 Å². The molecule has 6 atom stereocenters. The van der Waals surface area contributed by atoms with Crippen LogP contribution in [0.25, 0.3) is 0 Å². The molecule has 35 heavy (non-hydrogen) atoms. The third-order valence-electron chi connectivity index (χ3n) is 5.85. The Labute approximate surface area is 205 Å². The maximum absolute atomic E-state index is 13.1. The minimum Gasteiger partial charge on any atom is -0.508 e. The summed E-state index contributed by atoms with van der Waals surface area (Å²) in [5, 5.41) is 36.2. The van der Waals surface area contributed by atoms with Gasteiger partial charge in [-0.15, -0.1) is 0 Å². The van der Waals surface area contributed by atoms with Crippen LogP contribution in [0.4, 0.5) is 0 Å². The molecular weight excluding hydrogens is 456 g/mol. The molecular formula is C24H38N4O7. The van der Waals surface area contributed by atoms with Crippen LogP contribution in [0.1, 0.15) is 46.6 Å². The number of carboxylic acid groups (broad SMARTS) is 1. The minimum atomic E-state index is -1.26. The lowest BCUT2D eigenvalue weighted by atomic mass is 9.95.